The summed E-state index contributed by atoms with van der Waals surface area (Å²) in [5.74, 6) is 10.4. The van der Waals surface area contributed by atoms with Crippen molar-refractivity contribution in [2.45, 2.75) is 13.0 Å². The number of ether oxygens (including phenoxy) is 1. The number of carboxylic acids is 1. The van der Waals surface area contributed by atoms with E-state index in [1.807, 2.05) is 18.2 Å². The molecule has 1 heterocycles. The van der Waals surface area contributed by atoms with Gasteiger partial charge in [0.15, 0.2) is 0 Å². The van der Waals surface area contributed by atoms with Gasteiger partial charge in [-0.2, -0.15) is 0 Å². The number of benzene rings is 2. The number of hydrogen-bond donors (Lipinski definition) is 3. The molecule has 9 heteroatoms. The van der Waals surface area contributed by atoms with Crippen molar-refractivity contribution >= 4 is 12.1 Å². The minimum absolute atomic E-state index is 0.167. The van der Waals surface area contributed by atoms with Gasteiger partial charge in [-0.25, -0.2) is 20.4 Å². The van der Waals surface area contributed by atoms with Gasteiger partial charge in [-0.05, 0) is 28.8 Å². The predicted octanol–water partition coefficient (Wildman–Crippen LogP) is 2.17. The molecule has 0 saturated carbocycles. The Bertz CT molecular complexity index is 1040. The highest BCUT2D eigenvalue weighted by atomic mass is 16.5. The Morgan fingerprint density at radius 1 is 1.00 bits per heavy atom. The Balaban J connectivity index is 1.52. The van der Waals surface area contributed by atoms with Crippen LogP contribution in [0.5, 0.6) is 0 Å². The van der Waals surface area contributed by atoms with Gasteiger partial charge in [0.25, 0.3) is 0 Å². The molecule has 1 fully saturated rings. The fourth-order valence-corrected chi connectivity index (χ4v) is 3.87. The van der Waals surface area contributed by atoms with E-state index in [0.717, 1.165) is 55.4 Å². The highest BCUT2D eigenvalue weighted by Gasteiger charge is 2.18. The first-order valence-corrected chi connectivity index (χ1v) is 11.6. The average molecular weight is 481 g/mol. The molecular formula is C26H32N4O5. The van der Waals surface area contributed by atoms with E-state index in [1.165, 1.54) is 11.1 Å². The maximum Gasteiger partial charge on any atom is 0.421 e. The molecule has 2 aromatic rings. The quantitative estimate of drug-likeness (QED) is 0.156. The van der Waals surface area contributed by atoms with Crippen LogP contribution in [-0.4, -0.2) is 89.6 Å². The Morgan fingerprint density at radius 2 is 1.69 bits per heavy atom. The lowest BCUT2D eigenvalue weighted by molar-refractivity contribution is -0.142. The first-order chi connectivity index (χ1) is 16.9. The molecule has 0 unspecified atom stereocenters. The topological polar surface area (TPSA) is 120 Å². The molecule has 9 nitrogen and oxygen atoms in total. The van der Waals surface area contributed by atoms with Crippen molar-refractivity contribution < 1.29 is 24.5 Å². The number of aliphatic carboxylic acids is 1. The molecule has 1 aliphatic heterocycles. The zero-order chi connectivity index (χ0) is 25.0. The van der Waals surface area contributed by atoms with Gasteiger partial charge in [-0.1, -0.05) is 48.2 Å². The van der Waals surface area contributed by atoms with E-state index in [9.17, 15) is 9.59 Å². The van der Waals surface area contributed by atoms with Gasteiger partial charge in [0.05, 0.1) is 13.2 Å². The number of amides is 1. The average Bonchev–Trinajstić information content (AvgIpc) is 2.86. The van der Waals surface area contributed by atoms with Crippen molar-refractivity contribution in [3.8, 4) is 23.0 Å². The highest BCUT2D eigenvalue weighted by molar-refractivity contribution is 5.68. The second-order valence-corrected chi connectivity index (χ2v) is 8.33. The number of nitrogens with two attached hydrogens (primary N) is 1. The maximum atomic E-state index is 10.7. The molecule has 3 rings (SSSR count). The second kappa shape index (κ2) is 13.5. The number of nitrogens with zero attached hydrogens (tertiary/aromatic N) is 3. The molecule has 1 saturated heterocycles. The van der Waals surface area contributed by atoms with Crippen LogP contribution < -0.4 is 5.84 Å². The smallest absolute Gasteiger partial charge is 0.421 e. The number of carbonyl (C=O) groups is 2. The summed E-state index contributed by atoms with van der Waals surface area (Å²) in [6, 6.07) is 16.5. The van der Waals surface area contributed by atoms with Crippen LogP contribution in [-0.2, 0) is 16.1 Å². The lowest BCUT2D eigenvalue weighted by atomic mass is 9.98. The summed E-state index contributed by atoms with van der Waals surface area (Å²) in [7, 11) is 0. The summed E-state index contributed by atoms with van der Waals surface area (Å²) in [6.07, 6.45) is -0.796. The normalized spacial score (nSPS) is 14.2. The highest BCUT2D eigenvalue weighted by Crippen LogP contribution is 2.25. The molecule has 0 radical (unpaired) electrons. The van der Waals surface area contributed by atoms with Gasteiger partial charge >= 0.3 is 12.1 Å². The van der Waals surface area contributed by atoms with Crippen LogP contribution in [0.2, 0.25) is 0 Å². The summed E-state index contributed by atoms with van der Waals surface area (Å²) >= 11 is 0. The minimum atomic E-state index is -1.17. The summed E-state index contributed by atoms with van der Waals surface area (Å²) in [5.41, 5.74) is 4.45. The maximum absolute atomic E-state index is 10.7. The number of rotatable bonds is 10. The van der Waals surface area contributed by atoms with E-state index < -0.39 is 12.1 Å². The van der Waals surface area contributed by atoms with Crippen molar-refractivity contribution in [1.29, 1.82) is 0 Å². The fraction of sp³-hybridized carbons (Fsp3) is 0.385. The van der Waals surface area contributed by atoms with Gasteiger partial charge in [0.1, 0.15) is 6.61 Å². The van der Waals surface area contributed by atoms with E-state index in [0.29, 0.717) is 13.0 Å². The summed E-state index contributed by atoms with van der Waals surface area (Å²) in [6.45, 7) is 5.72. The standard InChI is InChI=1S/C26H32N4O5/c27-30(26(33)34)12-4-3-5-21-8-10-22(11-9-21)24-7-2-1-6-23(24)19-29-15-13-28(14-16-29)17-18-35-20-25(31)32/h1-2,6-11H,4,12-20,27H2,(H,31,32)(H,33,34). The third-order valence-corrected chi connectivity index (χ3v) is 5.81. The van der Waals surface area contributed by atoms with E-state index >= 15 is 0 Å². The summed E-state index contributed by atoms with van der Waals surface area (Å²) in [5, 5.41) is 18.1. The van der Waals surface area contributed by atoms with Gasteiger partial charge in [0, 0.05) is 51.3 Å². The molecule has 0 spiro atoms. The lowest BCUT2D eigenvalue weighted by Crippen LogP contribution is -2.46. The lowest BCUT2D eigenvalue weighted by Gasteiger charge is -2.35. The minimum Gasteiger partial charge on any atom is -0.480 e. The van der Waals surface area contributed by atoms with Crippen molar-refractivity contribution in [2.75, 3.05) is 52.5 Å². The third kappa shape index (κ3) is 8.70. The zero-order valence-electron chi connectivity index (χ0n) is 19.7. The van der Waals surface area contributed by atoms with Crippen LogP contribution in [0, 0.1) is 11.8 Å². The second-order valence-electron chi connectivity index (χ2n) is 8.33. The molecule has 0 atom stereocenters. The Kier molecular flexibility index (Phi) is 10.1. The number of hydrogen-bond acceptors (Lipinski definition) is 6. The van der Waals surface area contributed by atoms with Gasteiger partial charge in [-0.15, -0.1) is 0 Å². The molecule has 0 aliphatic carbocycles. The fourth-order valence-electron chi connectivity index (χ4n) is 3.87. The number of hydrazine groups is 1. The summed E-state index contributed by atoms with van der Waals surface area (Å²) < 4.78 is 5.15. The predicted molar refractivity (Wildman–Crippen MR) is 132 cm³/mol. The van der Waals surface area contributed by atoms with Crippen molar-refractivity contribution in [2.24, 2.45) is 5.84 Å². The largest absolute Gasteiger partial charge is 0.480 e. The molecule has 2 aromatic carbocycles. The SMILES string of the molecule is NN(CCC#Cc1ccc(-c2ccccc2CN2CCN(CCOCC(=O)O)CC2)cc1)C(=O)O. The van der Waals surface area contributed by atoms with Crippen LogP contribution in [0.15, 0.2) is 48.5 Å². The van der Waals surface area contributed by atoms with Gasteiger partial charge in [0.2, 0.25) is 0 Å². The van der Waals surface area contributed by atoms with E-state index in [4.69, 9.17) is 20.8 Å². The Hall–Kier alpha value is -3.42. The molecule has 4 N–H and O–H groups in total. The van der Waals surface area contributed by atoms with E-state index in [1.54, 1.807) is 0 Å². The van der Waals surface area contributed by atoms with Gasteiger partial charge in [-0.3, -0.25) is 9.80 Å². The third-order valence-electron chi connectivity index (χ3n) is 5.81. The molecule has 35 heavy (non-hydrogen) atoms. The van der Waals surface area contributed by atoms with Crippen LogP contribution >= 0.6 is 0 Å². The Morgan fingerprint density at radius 3 is 2.37 bits per heavy atom. The molecule has 1 amide bonds. The summed E-state index contributed by atoms with van der Waals surface area (Å²) in [4.78, 5) is 26.0. The van der Waals surface area contributed by atoms with Crippen LogP contribution in [0.25, 0.3) is 11.1 Å². The first kappa shape index (κ1) is 26.2. The van der Waals surface area contributed by atoms with Crippen molar-refractivity contribution in [3.63, 3.8) is 0 Å². The molecular weight excluding hydrogens is 448 g/mol. The van der Waals surface area contributed by atoms with Crippen molar-refractivity contribution in [3.05, 3.63) is 59.7 Å². The first-order valence-electron chi connectivity index (χ1n) is 11.6. The van der Waals surface area contributed by atoms with Crippen LogP contribution in [0.1, 0.15) is 17.5 Å². The monoisotopic (exact) mass is 480 g/mol. The number of piperazine rings is 1. The van der Waals surface area contributed by atoms with Crippen molar-refractivity contribution in [1.82, 2.24) is 14.8 Å². The number of carboxylic acid groups (broad SMARTS) is 2. The van der Waals surface area contributed by atoms with E-state index in [-0.39, 0.29) is 13.2 Å². The molecule has 0 bridgehead atoms. The molecule has 1 aliphatic rings. The van der Waals surface area contributed by atoms with Gasteiger partial charge < -0.3 is 14.9 Å². The van der Waals surface area contributed by atoms with Crippen LogP contribution in [0.3, 0.4) is 0 Å². The van der Waals surface area contributed by atoms with E-state index in [2.05, 4.69) is 52.0 Å². The Labute approximate surface area is 205 Å². The molecule has 0 aromatic heterocycles. The van der Waals surface area contributed by atoms with Crippen LogP contribution in [0.4, 0.5) is 4.79 Å². The molecule has 186 valence electrons. The zero-order valence-corrected chi connectivity index (χ0v) is 19.7.